The Morgan fingerprint density at radius 1 is 1.00 bits per heavy atom. The number of aromatic nitrogens is 4. The number of fused-ring (bicyclic) bond motifs is 2. The largest absolute Gasteiger partial charge is 0.346 e. The lowest BCUT2D eigenvalue weighted by molar-refractivity contribution is 0.797. The first-order valence-electron chi connectivity index (χ1n) is 6.16. The smallest absolute Gasteiger partial charge is 0.137 e. The first-order chi connectivity index (χ1) is 9.31. The number of nitrogens with one attached hydrogen (secondary N) is 1. The van der Waals surface area contributed by atoms with Gasteiger partial charge in [0.1, 0.15) is 5.65 Å². The van der Waals surface area contributed by atoms with E-state index in [-0.39, 0.29) is 0 Å². The number of hydrogen-bond donors (Lipinski definition) is 1. The van der Waals surface area contributed by atoms with Crippen LogP contribution in [0.4, 0.5) is 0 Å². The Bertz CT molecular complexity index is 885. The Labute approximate surface area is 109 Å². The molecule has 0 saturated heterocycles. The monoisotopic (exact) mass is 248 g/mol. The standard InChI is InChI=1S/C15H12N4/c1-19-14-7-10(2-3-12(14)9-18-19)13-6-11-4-5-16-15(11)17-8-13/h2-9H,1H3,(H,16,17). The Morgan fingerprint density at radius 2 is 1.95 bits per heavy atom. The van der Waals surface area contributed by atoms with Gasteiger partial charge in [-0.05, 0) is 23.8 Å². The lowest BCUT2D eigenvalue weighted by Crippen LogP contribution is -1.89. The van der Waals surface area contributed by atoms with Crippen molar-refractivity contribution in [2.75, 3.05) is 0 Å². The molecule has 3 aromatic heterocycles. The summed E-state index contributed by atoms with van der Waals surface area (Å²) in [4.78, 5) is 7.54. The number of rotatable bonds is 1. The van der Waals surface area contributed by atoms with E-state index in [0.29, 0.717) is 0 Å². The zero-order valence-corrected chi connectivity index (χ0v) is 10.5. The van der Waals surface area contributed by atoms with Gasteiger partial charge in [0, 0.05) is 35.8 Å². The molecule has 0 radical (unpaired) electrons. The number of benzene rings is 1. The van der Waals surface area contributed by atoms with Gasteiger partial charge in [-0.3, -0.25) is 4.68 Å². The maximum absolute atomic E-state index is 4.43. The second-order valence-electron chi connectivity index (χ2n) is 4.68. The maximum atomic E-state index is 4.43. The summed E-state index contributed by atoms with van der Waals surface area (Å²) in [7, 11) is 1.96. The highest BCUT2D eigenvalue weighted by Crippen LogP contribution is 2.25. The van der Waals surface area contributed by atoms with Crippen molar-refractivity contribution in [1.29, 1.82) is 0 Å². The van der Waals surface area contributed by atoms with Gasteiger partial charge in [0.25, 0.3) is 0 Å². The van der Waals surface area contributed by atoms with Crippen LogP contribution in [0.2, 0.25) is 0 Å². The van der Waals surface area contributed by atoms with E-state index in [9.17, 15) is 0 Å². The molecule has 4 heteroatoms. The van der Waals surface area contributed by atoms with Gasteiger partial charge in [-0.25, -0.2) is 4.98 Å². The Balaban J connectivity index is 1.94. The van der Waals surface area contributed by atoms with Gasteiger partial charge in [-0.2, -0.15) is 5.10 Å². The number of H-pyrrole nitrogens is 1. The van der Waals surface area contributed by atoms with Gasteiger partial charge in [0.05, 0.1) is 11.7 Å². The van der Waals surface area contributed by atoms with Crippen LogP contribution in [0.3, 0.4) is 0 Å². The molecular formula is C15H12N4. The molecule has 0 aliphatic heterocycles. The van der Waals surface area contributed by atoms with E-state index >= 15 is 0 Å². The average molecular weight is 248 g/mol. The van der Waals surface area contributed by atoms with Crippen LogP contribution in [-0.4, -0.2) is 19.7 Å². The molecule has 1 aromatic carbocycles. The maximum Gasteiger partial charge on any atom is 0.137 e. The molecule has 92 valence electrons. The van der Waals surface area contributed by atoms with Gasteiger partial charge < -0.3 is 4.98 Å². The third-order valence-electron chi connectivity index (χ3n) is 3.48. The molecule has 0 amide bonds. The zero-order chi connectivity index (χ0) is 12.8. The van der Waals surface area contributed by atoms with Crippen LogP contribution < -0.4 is 0 Å². The molecule has 0 bridgehead atoms. The second kappa shape index (κ2) is 3.68. The Morgan fingerprint density at radius 3 is 2.89 bits per heavy atom. The Kier molecular flexibility index (Phi) is 2.00. The third-order valence-corrected chi connectivity index (χ3v) is 3.48. The van der Waals surface area contributed by atoms with Crippen LogP contribution in [-0.2, 0) is 7.05 Å². The van der Waals surface area contributed by atoms with Gasteiger partial charge >= 0.3 is 0 Å². The van der Waals surface area contributed by atoms with Gasteiger partial charge in [0.15, 0.2) is 0 Å². The molecule has 19 heavy (non-hydrogen) atoms. The molecule has 0 saturated carbocycles. The quantitative estimate of drug-likeness (QED) is 0.562. The van der Waals surface area contributed by atoms with Crippen molar-refractivity contribution in [2.24, 2.45) is 7.05 Å². The van der Waals surface area contributed by atoms with Crippen molar-refractivity contribution in [1.82, 2.24) is 19.7 Å². The summed E-state index contributed by atoms with van der Waals surface area (Å²) in [5.41, 5.74) is 4.33. The molecule has 0 fully saturated rings. The van der Waals surface area contributed by atoms with Crippen molar-refractivity contribution in [3.63, 3.8) is 0 Å². The fraction of sp³-hybridized carbons (Fsp3) is 0.0667. The molecule has 4 rings (SSSR count). The van der Waals surface area contributed by atoms with Crippen molar-refractivity contribution in [3.05, 3.63) is 48.9 Å². The first kappa shape index (κ1) is 10.3. The molecule has 0 aliphatic carbocycles. The van der Waals surface area contributed by atoms with Crippen LogP contribution in [0.25, 0.3) is 33.1 Å². The van der Waals surface area contributed by atoms with Crippen LogP contribution in [0.1, 0.15) is 0 Å². The van der Waals surface area contributed by atoms with Gasteiger partial charge in [-0.15, -0.1) is 0 Å². The molecule has 3 heterocycles. The lowest BCUT2D eigenvalue weighted by Gasteiger charge is -2.03. The molecule has 0 aliphatic rings. The predicted octanol–water partition coefficient (Wildman–Crippen LogP) is 3.12. The van der Waals surface area contributed by atoms with E-state index in [1.807, 2.05) is 36.4 Å². The second-order valence-corrected chi connectivity index (χ2v) is 4.68. The SMILES string of the molecule is Cn1ncc2ccc(-c3cnc4[nH]ccc4c3)cc21. The number of aromatic amines is 1. The lowest BCUT2D eigenvalue weighted by atomic mass is 10.1. The summed E-state index contributed by atoms with van der Waals surface area (Å²) >= 11 is 0. The summed E-state index contributed by atoms with van der Waals surface area (Å²) in [5.74, 6) is 0. The van der Waals surface area contributed by atoms with E-state index in [4.69, 9.17) is 0 Å². The summed E-state index contributed by atoms with van der Waals surface area (Å²) < 4.78 is 1.89. The molecule has 4 aromatic rings. The van der Waals surface area contributed by atoms with Crippen molar-refractivity contribution < 1.29 is 0 Å². The van der Waals surface area contributed by atoms with E-state index < -0.39 is 0 Å². The van der Waals surface area contributed by atoms with Crippen molar-refractivity contribution in [2.45, 2.75) is 0 Å². The predicted molar refractivity (Wildman–Crippen MR) is 75.8 cm³/mol. The first-order valence-corrected chi connectivity index (χ1v) is 6.16. The minimum Gasteiger partial charge on any atom is -0.346 e. The fourth-order valence-electron chi connectivity index (χ4n) is 2.42. The van der Waals surface area contributed by atoms with Gasteiger partial charge in [0.2, 0.25) is 0 Å². The highest BCUT2D eigenvalue weighted by Gasteiger charge is 2.05. The third kappa shape index (κ3) is 1.53. The van der Waals surface area contributed by atoms with E-state index in [1.165, 1.54) is 0 Å². The highest BCUT2D eigenvalue weighted by atomic mass is 15.2. The minimum atomic E-state index is 0.922. The summed E-state index contributed by atoms with van der Waals surface area (Å²) in [6.45, 7) is 0. The Hall–Kier alpha value is -2.62. The minimum absolute atomic E-state index is 0.922. The molecule has 4 nitrogen and oxygen atoms in total. The van der Waals surface area contributed by atoms with Gasteiger partial charge in [-0.1, -0.05) is 12.1 Å². The van der Waals surface area contributed by atoms with Crippen LogP contribution in [0, 0.1) is 0 Å². The number of aryl methyl sites for hydroxylation is 1. The molecule has 0 atom stereocenters. The van der Waals surface area contributed by atoms with Crippen LogP contribution in [0.15, 0.2) is 48.9 Å². The molecule has 0 unspecified atom stereocenters. The fourth-order valence-corrected chi connectivity index (χ4v) is 2.42. The molecular weight excluding hydrogens is 236 g/mol. The summed E-state index contributed by atoms with van der Waals surface area (Å²) in [5, 5.41) is 6.55. The van der Waals surface area contributed by atoms with Crippen LogP contribution >= 0.6 is 0 Å². The van der Waals surface area contributed by atoms with E-state index in [1.54, 1.807) is 0 Å². The van der Waals surface area contributed by atoms with E-state index in [2.05, 4.69) is 39.3 Å². The molecule has 0 spiro atoms. The average Bonchev–Trinajstić information content (AvgIpc) is 3.05. The highest BCUT2D eigenvalue weighted by molar-refractivity contribution is 5.87. The number of nitrogens with zero attached hydrogens (tertiary/aromatic N) is 3. The number of pyridine rings is 1. The van der Waals surface area contributed by atoms with Crippen molar-refractivity contribution in [3.8, 4) is 11.1 Å². The zero-order valence-electron chi connectivity index (χ0n) is 10.5. The van der Waals surface area contributed by atoms with E-state index in [0.717, 1.165) is 33.1 Å². The number of hydrogen-bond acceptors (Lipinski definition) is 2. The van der Waals surface area contributed by atoms with Crippen LogP contribution in [0.5, 0.6) is 0 Å². The summed E-state index contributed by atoms with van der Waals surface area (Å²) in [6, 6.07) is 10.5. The topological polar surface area (TPSA) is 46.5 Å². The normalized spacial score (nSPS) is 11.4. The summed E-state index contributed by atoms with van der Waals surface area (Å²) in [6.07, 6.45) is 5.69. The van der Waals surface area contributed by atoms with Crippen molar-refractivity contribution >= 4 is 21.9 Å². The molecule has 1 N–H and O–H groups in total.